The number of carbonyl (C=O) groups is 2. The summed E-state index contributed by atoms with van der Waals surface area (Å²) in [6.45, 7) is 0.0904. The lowest BCUT2D eigenvalue weighted by molar-refractivity contribution is 0.0940. The van der Waals surface area contributed by atoms with Gasteiger partial charge in [-0.25, -0.2) is 0 Å². The average Bonchev–Trinajstić information content (AvgIpc) is 3.26. The first-order valence-corrected chi connectivity index (χ1v) is 8.58. The van der Waals surface area contributed by atoms with Gasteiger partial charge in [-0.3, -0.25) is 9.59 Å². The van der Waals surface area contributed by atoms with Gasteiger partial charge in [0, 0.05) is 29.8 Å². The summed E-state index contributed by atoms with van der Waals surface area (Å²) in [5.41, 5.74) is 1.07. The Morgan fingerprint density at radius 3 is 2.75 bits per heavy atom. The second-order valence-electron chi connectivity index (χ2n) is 5.66. The van der Waals surface area contributed by atoms with Crippen LogP contribution < -0.4 is 10.6 Å². The molecule has 3 N–H and O–H groups in total. The second kappa shape index (κ2) is 7.42. The molecular formula is C18H18N2O3S. The largest absolute Gasteiger partial charge is 0.396 e. The number of carbonyl (C=O) groups excluding carboxylic acids is 2. The zero-order valence-electron chi connectivity index (χ0n) is 12.9. The van der Waals surface area contributed by atoms with E-state index in [4.69, 9.17) is 5.11 Å². The van der Waals surface area contributed by atoms with Crippen molar-refractivity contribution in [3.63, 3.8) is 0 Å². The summed E-state index contributed by atoms with van der Waals surface area (Å²) < 4.78 is 0. The number of hydrogen-bond donors (Lipinski definition) is 3. The maximum atomic E-state index is 12.3. The van der Waals surface area contributed by atoms with Crippen molar-refractivity contribution >= 4 is 28.8 Å². The predicted molar refractivity (Wildman–Crippen MR) is 94.3 cm³/mol. The summed E-state index contributed by atoms with van der Waals surface area (Å²) in [6.07, 6.45) is 4.53. The van der Waals surface area contributed by atoms with E-state index >= 15 is 0 Å². The molecule has 2 amide bonds. The summed E-state index contributed by atoms with van der Waals surface area (Å²) in [4.78, 5) is 25.0. The summed E-state index contributed by atoms with van der Waals surface area (Å²) >= 11 is 1.37. The zero-order valence-corrected chi connectivity index (χ0v) is 13.8. The van der Waals surface area contributed by atoms with Gasteiger partial charge in [-0.2, -0.15) is 0 Å². The van der Waals surface area contributed by atoms with Gasteiger partial charge in [-0.15, -0.1) is 11.3 Å². The van der Waals surface area contributed by atoms with Crippen LogP contribution in [0.5, 0.6) is 0 Å². The molecule has 0 radical (unpaired) electrons. The van der Waals surface area contributed by atoms with E-state index in [1.54, 1.807) is 30.3 Å². The number of benzene rings is 1. The minimum absolute atomic E-state index is 0.0704. The number of hydrogen-bond acceptors (Lipinski definition) is 4. The third kappa shape index (κ3) is 3.90. The van der Waals surface area contributed by atoms with Crippen LogP contribution in [0.15, 0.2) is 53.9 Å². The summed E-state index contributed by atoms with van der Waals surface area (Å²) in [7, 11) is 0. The highest BCUT2D eigenvalue weighted by molar-refractivity contribution is 7.12. The van der Waals surface area contributed by atoms with Crippen LogP contribution in [-0.4, -0.2) is 29.6 Å². The van der Waals surface area contributed by atoms with Crippen molar-refractivity contribution in [2.45, 2.75) is 12.5 Å². The van der Waals surface area contributed by atoms with Crippen LogP contribution in [0.4, 0.5) is 5.69 Å². The lowest BCUT2D eigenvalue weighted by atomic mass is 10.1. The van der Waals surface area contributed by atoms with Crippen molar-refractivity contribution in [1.29, 1.82) is 0 Å². The first kappa shape index (κ1) is 16.4. The minimum atomic E-state index is -0.199. The van der Waals surface area contributed by atoms with E-state index < -0.39 is 0 Å². The molecule has 2 atom stereocenters. The molecule has 0 aliphatic heterocycles. The molecule has 5 nitrogen and oxygen atoms in total. The number of amides is 2. The molecule has 3 rings (SSSR count). The van der Waals surface area contributed by atoms with E-state index in [9.17, 15) is 9.59 Å². The van der Waals surface area contributed by atoms with Gasteiger partial charge in [0.05, 0.1) is 4.88 Å². The normalized spacial score (nSPS) is 19.2. The lowest BCUT2D eigenvalue weighted by Crippen LogP contribution is -2.32. The van der Waals surface area contributed by atoms with E-state index in [2.05, 4.69) is 10.6 Å². The molecule has 2 aromatic rings. The first-order chi connectivity index (χ1) is 11.7. The number of nitrogens with one attached hydrogen (secondary N) is 2. The molecule has 124 valence electrons. The molecule has 0 saturated heterocycles. The summed E-state index contributed by atoms with van der Waals surface area (Å²) in [5.74, 6) is -0.283. The Bertz CT molecular complexity index is 755. The topological polar surface area (TPSA) is 78.4 Å². The summed E-state index contributed by atoms with van der Waals surface area (Å²) in [6, 6.07) is 10.3. The molecule has 0 bridgehead atoms. The van der Waals surface area contributed by atoms with Gasteiger partial charge in [-0.1, -0.05) is 24.3 Å². The van der Waals surface area contributed by atoms with Crippen LogP contribution in [-0.2, 0) is 0 Å². The molecular weight excluding hydrogens is 324 g/mol. The van der Waals surface area contributed by atoms with Gasteiger partial charge in [0.15, 0.2) is 0 Å². The van der Waals surface area contributed by atoms with Gasteiger partial charge >= 0.3 is 0 Å². The monoisotopic (exact) mass is 342 g/mol. The Balaban J connectivity index is 1.63. The molecule has 1 heterocycles. The van der Waals surface area contributed by atoms with Crippen molar-refractivity contribution in [3.8, 4) is 0 Å². The maximum absolute atomic E-state index is 12.3. The maximum Gasteiger partial charge on any atom is 0.265 e. The standard InChI is InChI=1S/C18H18N2O3S/c21-11-12-6-7-15(9-12)19-17(22)13-3-1-4-14(10-13)20-18(23)16-5-2-8-24-16/h1-8,10,12,15,21H,9,11H2,(H,19,22)(H,20,23)/t12-,15+/m0/s1. The number of thiophene rings is 1. The van der Waals surface area contributed by atoms with Crippen LogP contribution in [0.3, 0.4) is 0 Å². The molecule has 24 heavy (non-hydrogen) atoms. The molecule has 1 aromatic heterocycles. The average molecular weight is 342 g/mol. The van der Waals surface area contributed by atoms with E-state index in [1.807, 2.05) is 23.6 Å². The first-order valence-electron chi connectivity index (χ1n) is 7.70. The van der Waals surface area contributed by atoms with Gasteiger partial charge in [0.25, 0.3) is 11.8 Å². The lowest BCUT2D eigenvalue weighted by Gasteiger charge is -2.13. The van der Waals surface area contributed by atoms with Crippen LogP contribution in [0.1, 0.15) is 26.5 Å². The van der Waals surface area contributed by atoms with Crippen molar-refractivity contribution in [1.82, 2.24) is 5.32 Å². The fourth-order valence-electron chi connectivity index (χ4n) is 2.61. The van der Waals surface area contributed by atoms with E-state index in [1.165, 1.54) is 11.3 Å². The number of aliphatic hydroxyl groups is 1. The SMILES string of the molecule is O=C(N[C@@H]1C=C[C@H](CO)C1)c1cccc(NC(=O)c2cccs2)c1. The highest BCUT2D eigenvalue weighted by Crippen LogP contribution is 2.18. The smallest absolute Gasteiger partial charge is 0.265 e. The van der Waals surface area contributed by atoms with E-state index in [0.717, 1.165) is 0 Å². The zero-order chi connectivity index (χ0) is 16.9. The molecule has 0 unspecified atom stereocenters. The van der Waals surface area contributed by atoms with Crippen molar-refractivity contribution < 1.29 is 14.7 Å². The molecule has 0 spiro atoms. The summed E-state index contributed by atoms with van der Waals surface area (Å²) in [5, 5.41) is 16.7. The molecule has 0 saturated carbocycles. The van der Waals surface area contributed by atoms with Gasteiger partial charge in [-0.05, 0) is 36.1 Å². The highest BCUT2D eigenvalue weighted by atomic mass is 32.1. The molecule has 0 fully saturated rings. The Hall–Kier alpha value is -2.44. The van der Waals surface area contributed by atoms with E-state index in [-0.39, 0.29) is 30.4 Å². The predicted octanol–water partition coefficient (Wildman–Crippen LogP) is 2.67. The van der Waals surface area contributed by atoms with Gasteiger partial charge < -0.3 is 15.7 Å². The van der Waals surface area contributed by atoms with Crippen molar-refractivity contribution in [2.75, 3.05) is 11.9 Å². The van der Waals surface area contributed by atoms with Crippen molar-refractivity contribution in [2.24, 2.45) is 5.92 Å². The molecule has 1 aliphatic carbocycles. The fraction of sp³-hybridized carbons (Fsp3) is 0.222. The van der Waals surface area contributed by atoms with E-state index in [0.29, 0.717) is 22.5 Å². The van der Waals surface area contributed by atoms with Crippen LogP contribution in [0, 0.1) is 5.92 Å². The number of rotatable bonds is 5. The quantitative estimate of drug-likeness (QED) is 0.731. The Labute approximate surface area is 144 Å². The Morgan fingerprint density at radius 2 is 2.04 bits per heavy atom. The Kier molecular flexibility index (Phi) is 5.08. The van der Waals surface area contributed by atoms with Gasteiger partial charge in [0.2, 0.25) is 0 Å². The van der Waals surface area contributed by atoms with Crippen LogP contribution in [0.2, 0.25) is 0 Å². The van der Waals surface area contributed by atoms with Gasteiger partial charge in [0.1, 0.15) is 0 Å². The molecule has 1 aliphatic rings. The highest BCUT2D eigenvalue weighted by Gasteiger charge is 2.20. The molecule has 1 aromatic carbocycles. The number of anilines is 1. The van der Waals surface area contributed by atoms with Crippen LogP contribution >= 0.6 is 11.3 Å². The third-order valence-electron chi connectivity index (χ3n) is 3.85. The fourth-order valence-corrected chi connectivity index (χ4v) is 3.23. The van der Waals surface area contributed by atoms with Crippen LogP contribution in [0.25, 0.3) is 0 Å². The minimum Gasteiger partial charge on any atom is -0.396 e. The third-order valence-corrected chi connectivity index (χ3v) is 4.72. The molecule has 6 heteroatoms. The van der Waals surface area contributed by atoms with Crippen molar-refractivity contribution in [3.05, 3.63) is 64.4 Å². The second-order valence-corrected chi connectivity index (χ2v) is 6.60. The Morgan fingerprint density at radius 1 is 1.17 bits per heavy atom. The number of aliphatic hydroxyl groups excluding tert-OH is 1.